The summed E-state index contributed by atoms with van der Waals surface area (Å²) in [5.74, 6) is 0.468. The van der Waals surface area contributed by atoms with E-state index in [4.69, 9.17) is 21.1 Å². The molecule has 0 aromatic heterocycles. The topological polar surface area (TPSA) is 50.8 Å². The maximum atomic E-state index is 13.0. The summed E-state index contributed by atoms with van der Waals surface area (Å²) in [6.45, 7) is 3.80. The van der Waals surface area contributed by atoms with Crippen LogP contribution in [0.5, 0.6) is 5.75 Å². The fourth-order valence-electron chi connectivity index (χ4n) is 4.26. The van der Waals surface area contributed by atoms with E-state index in [1.165, 1.54) is 12.8 Å². The number of hydrogen-bond donors (Lipinski definition) is 1. The quantitative estimate of drug-likeness (QED) is 0.674. The molecule has 0 aliphatic carbocycles. The van der Waals surface area contributed by atoms with Gasteiger partial charge in [0.15, 0.2) is 0 Å². The Morgan fingerprint density at radius 1 is 1.13 bits per heavy atom. The zero-order valence-electron chi connectivity index (χ0n) is 17.2. The zero-order valence-corrected chi connectivity index (χ0v) is 17.9. The Bertz CT molecular complexity index is 848. The molecule has 5 nitrogen and oxygen atoms in total. The van der Waals surface area contributed by atoms with Gasteiger partial charge < -0.3 is 14.8 Å². The second-order valence-electron chi connectivity index (χ2n) is 7.93. The van der Waals surface area contributed by atoms with Crippen molar-refractivity contribution in [2.45, 2.75) is 37.8 Å². The van der Waals surface area contributed by atoms with Crippen molar-refractivity contribution in [1.29, 1.82) is 0 Å². The minimum absolute atomic E-state index is 0.0603. The molecule has 6 heteroatoms. The maximum Gasteiger partial charge on any atom is 0.255 e. The molecule has 0 bridgehead atoms. The molecule has 1 amide bonds. The predicted octanol–water partition coefficient (Wildman–Crippen LogP) is 4.46. The third-order valence-corrected chi connectivity index (χ3v) is 6.23. The normalized spacial score (nSPS) is 20.2. The molecule has 2 heterocycles. The number of benzene rings is 2. The lowest BCUT2D eigenvalue weighted by atomic mass is 10.0. The van der Waals surface area contributed by atoms with Crippen molar-refractivity contribution >= 4 is 17.5 Å². The first-order valence-electron chi connectivity index (χ1n) is 10.8. The SMILES string of the molecule is O=C(NCC(c1ccccc1Cl)N1CCCC1)c1ccccc1OCC1CCCO1. The van der Waals surface area contributed by atoms with E-state index in [0.29, 0.717) is 24.5 Å². The van der Waals surface area contributed by atoms with Crippen molar-refractivity contribution in [3.63, 3.8) is 0 Å². The highest BCUT2D eigenvalue weighted by Gasteiger charge is 2.26. The van der Waals surface area contributed by atoms with E-state index in [2.05, 4.69) is 16.3 Å². The summed E-state index contributed by atoms with van der Waals surface area (Å²) in [4.78, 5) is 15.4. The summed E-state index contributed by atoms with van der Waals surface area (Å²) >= 11 is 6.49. The molecular formula is C24H29ClN2O3. The van der Waals surface area contributed by atoms with Crippen molar-refractivity contribution in [1.82, 2.24) is 10.2 Å². The van der Waals surface area contributed by atoms with Gasteiger partial charge >= 0.3 is 0 Å². The van der Waals surface area contributed by atoms with Gasteiger partial charge in [-0.2, -0.15) is 0 Å². The lowest BCUT2D eigenvalue weighted by Gasteiger charge is -2.29. The number of carbonyl (C=O) groups excluding carboxylic acids is 1. The van der Waals surface area contributed by atoms with Crippen LogP contribution in [-0.4, -0.2) is 49.8 Å². The molecule has 1 N–H and O–H groups in total. The van der Waals surface area contributed by atoms with Gasteiger partial charge in [-0.3, -0.25) is 9.69 Å². The Labute approximate surface area is 183 Å². The van der Waals surface area contributed by atoms with Gasteiger partial charge in [-0.1, -0.05) is 41.9 Å². The number of halogens is 1. The summed E-state index contributed by atoms with van der Waals surface area (Å²) in [6, 6.07) is 15.4. The molecule has 2 atom stereocenters. The minimum atomic E-state index is -0.130. The van der Waals surface area contributed by atoms with E-state index in [-0.39, 0.29) is 18.1 Å². The molecule has 2 aliphatic rings. The number of amides is 1. The van der Waals surface area contributed by atoms with Crippen molar-refractivity contribution in [2.75, 3.05) is 32.8 Å². The van der Waals surface area contributed by atoms with E-state index >= 15 is 0 Å². The van der Waals surface area contributed by atoms with Crippen LogP contribution >= 0.6 is 11.6 Å². The van der Waals surface area contributed by atoms with Gasteiger partial charge in [0, 0.05) is 18.2 Å². The highest BCUT2D eigenvalue weighted by atomic mass is 35.5. The smallest absolute Gasteiger partial charge is 0.255 e. The second-order valence-corrected chi connectivity index (χ2v) is 8.34. The van der Waals surface area contributed by atoms with Gasteiger partial charge in [-0.15, -0.1) is 0 Å². The number of nitrogens with zero attached hydrogens (tertiary/aromatic N) is 1. The van der Waals surface area contributed by atoms with E-state index in [9.17, 15) is 4.79 Å². The lowest BCUT2D eigenvalue weighted by Crippen LogP contribution is -2.37. The zero-order chi connectivity index (χ0) is 20.8. The fourth-order valence-corrected chi connectivity index (χ4v) is 4.52. The number of para-hydroxylation sites is 1. The second kappa shape index (κ2) is 10.3. The lowest BCUT2D eigenvalue weighted by molar-refractivity contribution is 0.0670. The van der Waals surface area contributed by atoms with Crippen LogP contribution in [0.25, 0.3) is 0 Å². The summed E-state index contributed by atoms with van der Waals surface area (Å²) in [5, 5.41) is 3.86. The number of rotatable bonds is 8. The number of carbonyl (C=O) groups is 1. The molecular weight excluding hydrogens is 400 g/mol. The van der Waals surface area contributed by atoms with Crippen molar-refractivity contribution in [2.24, 2.45) is 0 Å². The predicted molar refractivity (Wildman–Crippen MR) is 118 cm³/mol. The van der Waals surface area contributed by atoms with Crippen LogP contribution in [0.2, 0.25) is 5.02 Å². The molecule has 2 aromatic rings. The highest BCUT2D eigenvalue weighted by molar-refractivity contribution is 6.31. The average Bonchev–Trinajstić information content (AvgIpc) is 3.48. The molecule has 0 radical (unpaired) electrons. The third-order valence-electron chi connectivity index (χ3n) is 5.88. The Morgan fingerprint density at radius 2 is 1.90 bits per heavy atom. The maximum absolute atomic E-state index is 13.0. The van der Waals surface area contributed by atoms with Crippen molar-refractivity contribution in [3.8, 4) is 5.75 Å². The molecule has 2 aromatic carbocycles. The van der Waals surface area contributed by atoms with Crippen LogP contribution < -0.4 is 10.1 Å². The van der Waals surface area contributed by atoms with E-state index in [1.54, 1.807) is 6.07 Å². The van der Waals surface area contributed by atoms with Crippen LogP contribution in [0, 0.1) is 0 Å². The minimum Gasteiger partial charge on any atom is -0.490 e. The highest BCUT2D eigenvalue weighted by Crippen LogP contribution is 2.30. The fraction of sp³-hybridized carbons (Fsp3) is 0.458. The van der Waals surface area contributed by atoms with Crippen LogP contribution in [0.3, 0.4) is 0 Å². The molecule has 2 fully saturated rings. The Kier molecular flexibility index (Phi) is 7.26. The summed E-state index contributed by atoms with van der Waals surface area (Å²) in [5.41, 5.74) is 1.61. The van der Waals surface area contributed by atoms with Gasteiger partial charge in [0.25, 0.3) is 5.91 Å². The molecule has 30 heavy (non-hydrogen) atoms. The largest absolute Gasteiger partial charge is 0.490 e. The first-order valence-corrected chi connectivity index (χ1v) is 11.2. The van der Waals surface area contributed by atoms with Gasteiger partial charge in [0.2, 0.25) is 0 Å². The monoisotopic (exact) mass is 428 g/mol. The summed E-state index contributed by atoms with van der Waals surface area (Å²) < 4.78 is 11.6. The molecule has 160 valence electrons. The van der Waals surface area contributed by atoms with Crippen LogP contribution in [-0.2, 0) is 4.74 Å². The van der Waals surface area contributed by atoms with Crippen LogP contribution in [0.1, 0.15) is 47.6 Å². The number of hydrogen-bond acceptors (Lipinski definition) is 4. The average molecular weight is 429 g/mol. The van der Waals surface area contributed by atoms with E-state index < -0.39 is 0 Å². The van der Waals surface area contributed by atoms with Gasteiger partial charge in [0.1, 0.15) is 12.4 Å². The van der Waals surface area contributed by atoms with Gasteiger partial charge in [0.05, 0.1) is 17.7 Å². The number of likely N-dealkylation sites (tertiary alicyclic amines) is 1. The summed E-state index contributed by atoms with van der Waals surface area (Å²) in [6.07, 6.45) is 4.53. The number of ether oxygens (including phenoxy) is 2. The summed E-state index contributed by atoms with van der Waals surface area (Å²) in [7, 11) is 0. The van der Waals surface area contributed by atoms with Crippen LogP contribution in [0.15, 0.2) is 48.5 Å². The molecule has 0 saturated carbocycles. The first-order chi connectivity index (χ1) is 14.7. The first kappa shape index (κ1) is 21.2. The van der Waals surface area contributed by atoms with Crippen molar-refractivity contribution < 1.29 is 14.3 Å². The van der Waals surface area contributed by atoms with Crippen LogP contribution in [0.4, 0.5) is 0 Å². The van der Waals surface area contributed by atoms with Gasteiger partial charge in [-0.25, -0.2) is 0 Å². The molecule has 2 saturated heterocycles. The molecule has 4 rings (SSSR count). The molecule has 0 spiro atoms. The van der Waals surface area contributed by atoms with Gasteiger partial charge in [-0.05, 0) is 62.5 Å². The Balaban J connectivity index is 1.44. The molecule has 2 aliphatic heterocycles. The third kappa shape index (κ3) is 5.15. The standard InChI is InChI=1S/C24H29ClN2O3/c25-21-11-3-1-9-19(21)22(27-13-5-6-14-27)16-26-24(28)20-10-2-4-12-23(20)30-17-18-8-7-15-29-18/h1-4,9-12,18,22H,5-8,13-17H2,(H,26,28). The Morgan fingerprint density at radius 3 is 2.67 bits per heavy atom. The van der Waals surface area contributed by atoms with E-state index in [1.807, 2.05) is 36.4 Å². The number of nitrogens with one attached hydrogen (secondary N) is 1. The van der Waals surface area contributed by atoms with E-state index in [0.717, 1.165) is 43.1 Å². The Hall–Kier alpha value is -2.08. The molecule has 2 unspecified atom stereocenters. The van der Waals surface area contributed by atoms with Crippen molar-refractivity contribution in [3.05, 3.63) is 64.7 Å².